The molecule has 2 aromatic heterocycles. The van der Waals surface area contributed by atoms with Crippen molar-refractivity contribution in [2.24, 2.45) is 5.92 Å². The van der Waals surface area contributed by atoms with Gasteiger partial charge in [0.2, 0.25) is 5.91 Å². The van der Waals surface area contributed by atoms with E-state index in [1.165, 1.54) is 27.3 Å². The van der Waals surface area contributed by atoms with Crippen LogP contribution in [0, 0.1) is 5.92 Å². The Morgan fingerprint density at radius 1 is 1.21 bits per heavy atom. The van der Waals surface area contributed by atoms with Gasteiger partial charge in [0.25, 0.3) is 5.91 Å². The average molecular weight is 471 g/mol. The van der Waals surface area contributed by atoms with Crippen molar-refractivity contribution >= 4 is 35.0 Å². The van der Waals surface area contributed by atoms with Crippen LogP contribution in [0.4, 0.5) is 4.79 Å². The standard InChI is InChI=1S/C23H26N4O5S/c1-14(2)12-16(25-23(31)32-19-7-5-11-33-19)22(30)26-10-8-17-20(26)18(28)13-27(17)21(29)15-6-3-4-9-24-15/h3-7,9,11,14,16-17,20H,8,10,12-13H2,1-2H3,(H,25,31). The molecule has 2 aliphatic rings. The van der Waals surface area contributed by atoms with Crippen LogP contribution in [0.1, 0.15) is 37.2 Å². The molecule has 1 N–H and O–H groups in total. The molecule has 10 heteroatoms. The van der Waals surface area contributed by atoms with E-state index in [-0.39, 0.29) is 35.8 Å². The molecule has 0 aliphatic carbocycles. The van der Waals surface area contributed by atoms with Gasteiger partial charge in [-0.25, -0.2) is 4.79 Å². The summed E-state index contributed by atoms with van der Waals surface area (Å²) in [6.07, 6.45) is 1.72. The molecule has 0 saturated carbocycles. The predicted molar refractivity (Wildman–Crippen MR) is 121 cm³/mol. The van der Waals surface area contributed by atoms with Gasteiger partial charge in [-0.1, -0.05) is 19.9 Å². The Bertz CT molecular complexity index is 1030. The summed E-state index contributed by atoms with van der Waals surface area (Å²) in [5.74, 6) is -0.706. The number of nitrogens with zero attached hydrogens (tertiary/aromatic N) is 3. The number of nitrogens with one attached hydrogen (secondary N) is 1. The Hall–Kier alpha value is -3.27. The predicted octanol–water partition coefficient (Wildman–Crippen LogP) is 2.34. The summed E-state index contributed by atoms with van der Waals surface area (Å²) in [6, 6.07) is 6.54. The second kappa shape index (κ2) is 9.70. The van der Waals surface area contributed by atoms with Crippen molar-refractivity contribution in [3.63, 3.8) is 0 Å². The van der Waals surface area contributed by atoms with Crippen molar-refractivity contribution in [1.29, 1.82) is 0 Å². The zero-order valence-corrected chi connectivity index (χ0v) is 19.3. The van der Waals surface area contributed by atoms with E-state index in [1.54, 1.807) is 35.7 Å². The number of thiophene rings is 1. The zero-order valence-electron chi connectivity index (χ0n) is 18.5. The Balaban J connectivity index is 1.47. The van der Waals surface area contributed by atoms with E-state index in [2.05, 4.69) is 10.3 Å². The summed E-state index contributed by atoms with van der Waals surface area (Å²) < 4.78 is 5.26. The number of hydrogen-bond donors (Lipinski definition) is 1. The number of amides is 3. The van der Waals surface area contributed by atoms with Gasteiger partial charge in [-0.05, 0) is 48.4 Å². The molecule has 0 bridgehead atoms. The fraction of sp³-hybridized carbons (Fsp3) is 0.435. The molecular formula is C23H26N4O5S. The SMILES string of the molecule is CC(C)CC(NC(=O)Oc1cccs1)C(=O)N1CCC2C1C(=O)CN2C(=O)c1ccccn1. The maximum atomic E-state index is 13.4. The smallest absolute Gasteiger partial charge is 0.399 e. The molecule has 33 heavy (non-hydrogen) atoms. The molecule has 2 aliphatic heterocycles. The van der Waals surface area contributed by atoms with Crippen LogP contribution in [-0.2, 0) is 9.59 Å². The second-order valence-corrected chi connectivity index (χ2v) is 9.51. The van der Waals surface area contributed by atoms with Crippen LogP contribution in [-0.4, -0.2) is 69.7 Å². The van der Waals surface area contributed by atoms with Crippen LogP contribution in [0.5, 0.6) is 5.06 Å². The second-order valence-electron chi connectivity index (χ2n) is 8.59. The van der Waals surface area contributed by atoms with Crippen molar-refractivity contribution in [2.75, 3.05) is 13.1 Å². The zero-order chi connectivity index (χ0) is 23.5. The highest BCUT2D eigenvalue weighted by molar-refractivity contribution is 7.11. The molecule has 0 spiro atoms. The molecule has 3 amide bonds. The minimum atomic E-state index is -0.829. The molecule has 4 rings (SSSR count). The molecule has 9 nitrogen and oxygen atoms in total. The summed E-state index contributed by atoms with van der Waals surface area (Å²) in [7, 11) is 0. The molecule has 4 heterocycles. The molecular weight excluding hydrogens is 444 g/mol. The van der Waals surface area contributed by atoms with E-state index in [1.807, 2.05) is 13.8 Å². The van der Waals surface area contributed by atoms with E-state index in [4.69, 9.17) is 4.74 Å². The summed E-state index contributed by atoms with van der Waals surface area (Å²) in [4.78, 5) is 58.8. The third kappa shape index (κ3) is 4.90. The number of carbonyl (C=O) groups is 4. The number of Topliss-reactive ketones (excluding diaryl/α,β-unsaturated/α-hetero) is 1. The third-order valence-corrected chi connectivity index (χ3v) is 6.58. The molecule has 3 atom stereocenters. The van der Waals surface area contributed by atoms with Gasteiger partial charge in [0.05, 0.1) is 12.6 Å². The molecule has 0 radical (unpaired) electrons. The highest BCUT2D eigenvalue weighted by atomic mass is 32.1. The number of ketones is 1. The largest absolute Gasteiger partial charge is 0.414 e. The first kappa shape index (κ1) is 22.9. The fourth-order valence-corrected chi connectivity index (χ4v) is 5.03. The first-order valence-electron chi connectivity index (χ1n) is 10.9. The summed E-state index contributed by atoms with van der Waals surface area (Å²) >= 11 is 1.27. The van der Waals surface area contributed by atoms with E-state index in [0.717, 1.165) is 0 Å². The van der Waals surface area contributed by atoms with Crippen LogP contribution in [0.2, 0.25) is 0 Å². The Kier molecular flexibility index (Phi) is 6.73. The highest BCUT2D eigenvalue weighted by Gasteiger charge is 2.52. The van der Waals surface area contributed by atoms with Crippen molar-refractivity contribution in [2.45, 2.75) is 44.8 Å². The van der Waals surface area contributed by atoms with Crippen molar-refractivity contribution in [3.05, 3.63) is 47.6 Å². The maximum Gasteiger partial charge on any atom is 0.414 e. The fourth-order valence-electron chi connectivity index (χ4n) is 4.45. The van der Waals surface area contributed by atoms with Crippen molar-refractivity contribution in [1.82, 2.24) is 20.1 Å². The van der Waals surface area contributed by atoms with E-state index < -0.39 is 24.2 Å². The summed E-state index contributed by atoms with van der Waals surface area (Å²) in [5, 5.41) is 4.89. The lowest BCUT2D eigenvalue weighted by molar-refractivity contribution is -0.138. The van der Waals surface area contributed by atoms with Gasteiger partial charge in [-0.2, -0.15) is 0 Å². The van der Waals surface area contributed by atoms with Crippen LogP contribution in [0.15, 0.2) is 41.9 Å². The van der Waals surface area contributed by atoms with E-state index in [9.17, 15) is 19.2 Å². The molecule has 2 aromatic rings. The minimum Gasteiger partial charge on any atom is -0.399 e. The average Bonchev–Trinajstić information content (AvgIpc) is 3.52. The number of ether oxygens (including phenoxy) is 1. The number of hydrogen-bond acceptors (Lipinski definition) is 7. The summed E-state index contributed by atoms with van der Waals surface area (Å²) in [6.45, 7) is 4.18. The van der Waals surface area contributed by atoms with Gasteiger partial charge >= 0.3 is 6.09 Å². The van der Waals surface area contributed by atoms with Crippen LogP contribution in [0.25, 0.3) is 0 Å². The first-order valence-corrected chi connectivity index (χ1v) is 11.8. The van der Waals surface area contributed by atoms with Crippen molar-refractivity contribution in [3.8, 4) is 5.06 Å². The highest BCUT2D eigenvalue weighted by Crippen LogP contribution is 2.31. The first-order chi connectivity index (χ1) is 15.8. The Morgan fingerprint density at radius 2 is 2.03 bits per heavy atom. The molecule has 174 valence electrons. The van der Waals surface area contributed by atoms with Gasteiger partial charge in [-0.15, -0.1) is 11.3 Å². The number of fused-ring (bicyclic) bond motifs is 1. The quantitative estimate of drug-likeness (QED) is 0.694. The number of carbonyl (C=O) groups excluding carboxylic acids is 4. The lowest BCUT2D eigenvalue weighted by Crippen LogP contribution is -2.53. The lowest BCUT2D eigenvalue weighted by Gasteiger charge is -2.28. The number of pyridine rings is 1. The van der Waals surface area contributed by atoms with Gasteiger partial charge in [-0.3, -0.25) is 19.4 Å². The van der Waals surface area contributed by atoms with Crippen LogP contribution >= 0.6 is 11.3 Å². The van der Waals surface area contributed by atoms with E-state index in [0.29, 0.717) is 24.4 Å². The Morgan fingerprint density at radius 3 is 2.70 bits per heavy atom. The van der Waals surface area contributed by atoms with Gasteiger partial charge in [0, 0.05) is 12.7 Å². The number of rotatable bonds is 6. The molecule has 3 unspecified atom stereocenters. The summed E-state index contributed by atoms with van der Waals surface area (Å²) in [5.41, 5.74) is 0.270. The molecule has 2 saturated heterocycles. The van der Waals surface area contributed by atoms with Gasteiger partial charge < -0.3 is 19.9 Å². The van der Waals surface area contributed by atoms with Gasteiger partial charge in [0.1, 0.15) is 17.8 Å². The van der Waals surface area contributed by atoms with Crippen LogP contribution in [0.3, 0.4) is 0 Å². The third-order valence-electron chi connectivity index (χ3n) is 5.84. The number of likely N-dealkylation sites (tertiary alicyclic amines) is 2. The maximum absolute atomic E-state index is 13.4. The van der Waals surface area contributed by atoms with Crippen molar-refractivity contribution < 1.29 is 23.9 Å². The lowest BCUT2D eigenvalue weighted by atomic mass is 10.0. The van der Waals surface area contributed by atoms with Crippen LogP contribution < -0.4 is 10.1 Å². The topological polar surface area (TPSA) is 109 Å². The monoisotopic (exact) mass is 470 g/mol. The minimum absolute atomic E-state index is 0.0583. The molecule has 2 fully saturated rings. The van der Waals surface area contributed by atoms with E-state index >= 15 is 0 Å². The molecule has 0 aromatic carbocycles. The Labute approximate surface area is 195 Å². The van der Waals surface area contributed by atoms with Gasteiger partial charge in [0.15, 0.2) is 10.8 Å². The normalized spacial score (nSPS) is 20.6. The number of aromatic nitrogens is 1.